The van der Waals surface area contributed by atoms with Gasteiger partial charge in [0.05, 0.1) is 11.2 Å². The summed E-state index contributed by atoms with van der Waals surface area (Å²) in [7, 11) is 3.67. The van der Waals surface area contributed by atoms with E-state index in [2.05, 4.69) is 29.2 Å². The zero-order chi connectivity index (χ0) is 19.7. The van der Waals surface area contributed by atoms with Crippen LogP contribution in [0.3, 0.4) is 0 Å². The maximum Gasteiger partial charge on any atom is 0.225 e. The maximum absolute atomic E-state index is 12.3. The van der Waals surface area contributed by atoms with Crippen LogP contribution in [0, 0.1) is 5.92 Å². The summed E-state index contributed by atoms with van der Waals surface area (Å²) >= 11 is 6.05. The van der Waals surface area contributed by atoms with Crippen LogP contribution in [0.25, 0.3) is 22.2 Å². The number of amides is 1. The number of halogens is 1. The highest BCUT2D eigenvalue weighted by Crippen LogP contribution is 2.33. The number of benzene rings is 2. The molecule has 1 saturated heterocycles. The molecule has 2 heterocycles. The fourth-order valence-corrected chi connectivity index (χ4v) is 4.05. The van der Waals surface area contributed by atoms with Crippen molar-refractivity contribution in [2.45, 2.75) is 12.8 Å². The number of anilines is 1. The minimum absolute atomic E-state index is 0.120. The highest BCUT2D eigenvalue weighted by molar-refractivity contribution is 6.30. The molecule has 3 aromatic rings. The number of fused-ring (bicyclic) bond motifs is 1. The lowest BCUT2D eigenvalue weighted by atomic mass is 9.94. The van der Waals surface area contributed by atoms with E-state index in [0.717, 1.165) is 53.1 Å². The molecule has 0 N–H and O–H groups in total. The number of hydrogen-bond donors (Lipinski definition) is 0. The van der Waals surface area contributed by atoms with Crippen LogP contribution >= 0.6 is 11.6 Å². The summed E-state index contributed by atoms with van der Waals surface area (Å²) in [5.74, 6) is 0.358. The number of para-hydroxylation sites is 1. The molecule has 0 unspecified atom stereocenters. The molecule has 144 valence electrons. The molecule has 2 aromatic carbocycles. The number of carbonyl (C=O) groups excluding carboxylic acids is 1. The molecule has 1 aliphatic heterocycles. The van der Waals surface area contributed by atoms with Crippen LogP contribution in [0.15, 0.2) is 54.6 Å². The van der Waals surface area contributed by atoms with E-state index in [-0.39, 0.29) is 11.8 Å². The Morgan fingerprint density at radius 1 is 1.07 bits per heavy atom. The number of hydrogen-bond acceptors (Lipinski definition) is 3. The van der Waals surface area contributed by atoms with E-state index in [9.17, 15) is 4.79 Å². The Bertz CT molecular complexity index is 992. The molecular weight excluding hydrogens is 370 g/mol. The van der Waals surface area contributed by atoms with Crippen LogP contribution < -0.4 is 4.90 Å². The van der Waals surface area contributed by atoms with Crippen molar-refractivity contribution in [2.75, 3.05) is 32.1 Å². The van der Waals surface area contributed by atoms with Gasteiger partial charge in [-0.05, 0) is 37.1 Å². The lowest BCUT2D eigenvalue weighted by Gasteiger charge is -2.34. The van der Waals surface area contributed by atoms with Crippen LogP contribution in [0.2, 0.25) is 5.02 Å². The Morgan fingerprint density at radius 3 is 2.43 bits per heavy atom. The standard InChI is InChI=1S/C23H24ClN3O/c1-26(2)23(28)17-11-13-27(14-12-17)22-15-21(16-7-9-18(24)10-8-16)25-20-6-4-3-5-19(20)22/h3-10,15,17H,11-14H2,1-2H3. The lowest BCUT2D eigenvalue weighted by Crippen LogP contribution is -2.40. The Hall–Kier alpha value is -2.59. The van der Waals surface area contributed by atoms with Gasteiger partial charge < -0.3 is 9.80 Å². The fraction of sp³-hybridized carbons (Fsp3) is 0.304. The summed E-state index contributed by atoms with van der Waals surface area (Å²) in [6.07, 6.45) is 1.76. The average Bonchev–Trinajstić information content (AvgIpc) is 2.73. The van der Waals surface area contributed by atoms with Gasteiger partial charge in [0.15, 0.2) is 0 Å². The van der Waals surface area contributed by atoms with Gasteiger partial charge >= 0.3 is 0 Å². The first-order valence-corrected chi connectivity index (χ1v) is 10.0. The third kappa shape index (κ3) is 3.69. The van der Waals surface area contributed by atoms with Crippen LogP contribution in [0.5, 0.6) is 0 Å². The third-order valence-corrected chi connectivity index (χ3v) is 5.71. The minimum atomic E-state index is 0.120. The van der Waals surface area contributed by atoms with Crippen molar-refractivity contribution in [1.82, 2.24) is 9.88 Å². The first-order valence-electron chi connectivity index (χ1n) is 9.65. The van der Waals surface area contributed by atoms with Gasteiger partial charge in [-0.1, -0.05) is 41.9 Å². The number of piperidine rings is 1. The molecule has 4 rings (SSSR count). The zero-order valence-corrected chi connectivity index (χ0v) is 17.0. The van der Waals surface area contributed by atoms with Crippen LogP contribution in [-0.2, 0) is 4.79 Å². The van der Waals surface area contributed by atoms with Crippen molar-refractivity contribution in [3.8, 4) is 11.3 Å². The van der Waals surface area contributed by atoms with Gasteiger partial charge in [0.25, 0.3) is 0 Å². The van der Waals surface area contributed by atoms with E-state index in [4.69, 9.17) is 16.6 Å². The van der Waals surface area contributed by atoms with E-state index in [0.29, 0.717) is 0 Å². The fourth-order valence-electron chi connectivity index (χ4n) is 3.92. The predicted molar refractivity (Wildman–Crippen MR) is 116 cm³/mol. The number of rotatable bonds is 3. The van der Waals surface area contributed by atoms with Crippen molar-refractivity contribution >= 4 is 34.1 Å². The van der Waals surface area contributed by atoms with Gasteiger partial charge in [-0.25, -0.2) is 4.98 Å². The molecule has 0 bridgehead atoms. The SMILES string of the molecule is CN(C)C(=O)C1CCN(c2cc(-c3ccc(Cl)cc3)nc3ccccc23)CC1. The van der Waals surface area contributed by atoms with Gasteiger partial charge in [0.2, 0.25) is 5.91 Å². The number of pyridine rings is 1. The first-order chi connectivity index (χ1) is 13.5. The normalized spacial score (nSPS) is 15.0. The molecule has 0 radical (unpaired) electrons. The van der Waals surface area contributed by atoms with E-state index in [1.807, 2.05) is 44.4 Å². The van der Waals surface area contributed by atoms with E-state index in [1.165, 1.54) is 5.69 Å². The molecular formula is C23H24ClN3O. The molecule has 1 fully saturated rings. The van der Waals surface area contributed by atoms with E-state index >= 15 is 0 Å². The van der Waals surface area contributed by atoms with Crippen molar-refractivity contribution in [2.24, 2.45) is 5.92 Å². The van der Waals surface area contributed by atoms with Gasteiger partial charge in [-0.3, -0.25) is 4.79 Å². The highest BCUT2D eigenvalue weighted by atomic mass is 35.5. The largest absolute Gasteiger partial charge is 0.371 e. The van der Waals surface area contributed by atoms with Crippen LogP contribution in [0.1, 0.15) is 12.8 Å². The molecule has 5 heteroatoms. The van der Waals surface area contributed by atoms with E-state index < -0.39 is 0 Å². The van der Waals surface area contributed by atoms with Crippen molar-refractivity contribution in [3.63, 3.8) is 0 Å². The molecule has 1 aromatic heterocycles. The Balaban J connectivity index is 1.68. The van der Waals surface area contributed by atoms with Gasteiger partial charge in [-0.2, -0.15) is 0 Å². The number of nitrogens with zero attached hydrogens (tertiary/aromatic N) is 3. The van der Waals surface area contributed by atoms with Crippen molar-refractivity contribution in [1.29, 1.82) is 0 Å². The molecule has 0 saturated carbocycles. The predicted octanol–water partition coefficient (Wildman–Crippen LogP) is 4.86. The first kappa shape index (κ1) is 18.8. The highest BCUT2D eigenvalue weighted by Gasteiger charge is 2.27. The van der Waals surface area contributed by atoms with Gasteiger partial charge in [-0.15, -0.1) is 0 Å². The smallest absolute Gasteiger partial charge is 0.225 e. The summed E-state index contributed by atoms with van der Waals surface area (Å²) in [4.78, 5) is 21.3. The topological polar surface area (TPSA) is 36.4 Å². The molecule has 1 aliphatic rings. The van der Waals surface area contributed by atoms with Crippen LogP contribution in [0.4, 0.5) is 5.69 Å². The van der Waals surface area contributed by atoms with Gasteiger partial charge in [0.1, 0.15) is 0 Å². The number of carbonyl (C=O) groups is 1. The second-order valence-corrected chi connectivity index (χ2v) is 7.98. The second kappa shape index (κ2) is 7.80. The lowest BCUT2D eigenvalue weighted by molar-refractivity contribution is -0.133. The summed E-state index contributed by atoms with van der Waals surface area (Å²) in [5, 5.41) is 1.87. The molecule has 1 amide bonds. The monoisotopic (exact) mass is 393 g/mol. The third-order valence-electron chi connectivity index (χ3n) is 5.46. The van der Waals surface area contributed by atoms with Crippen molar-refractivity contribution < 1.29 is 4.79 Å². The Kier molecular flexibility index (Phi) is 5.23. The average molecular weight is 394 g/mol. The summed E-state index contributed by atoms with van der Waals surface area (Å²) in [6.45, 7) is 1.75. The summed E-state index contributed by atoms with van der Waals surface area (Å²) in [6, 6.07) is 18.2. The molecule has 0 spiro atoms. The minimum Gasteiger partial charge on any atom is -0.371 e. The molecule has 28 heavy (non-hydrogen) atoms. The quantitative estimate of drug-likeness (QED) is 0.637. The molecule has 0 atom stereocenters. The molecule has 4 nitrogen and oxygen atoms in total. The van der Waals surface area contributed by atoms with Crippen LogP contribution in [-0.4, -0.2) is 43.0 Å². The number of aromatic nitrogens is 1. The zero-order valence-electron chi connectivity index (χ0n) is 16.2. The maximum atomic E-state index is 12.3. The summed E-state index contributed by atoms with van der Waals surface area (Å²) in [5.41, 5.74) is 4.16. The second-order valence-electron chi connectivity index (χ2n) is 7.54. The Morgan fingerprint density at radius 2 is 1.75 bits per heavy atom. The van der Waals surface area contributed by atoms with Crippen molar-refractivity contribution in [3.05, 3.63) is 59.6 Å². The van der Waals surface area contributed by atoms with Gasteiger partial charge in [0, 0.05) is 54.8 Å². The Labute approximate surface area is 170 Å². The van der Waals surface area contributed by atoms with E-state index in [1.54, 1.807) is 4.90 Å². The summed E-state index contributed by atoms with van der Waals surface area (Å²) < 4.78 is 0. The molecule has 0 aliphatic carbocycles.